The third-order valence-corrected chi connectivity index (χ3v) is 3.93. The van der Waals surface area contributed by atoms with Crippen LogP contribution >= 0.6 is 15.9 Å². The largest absolute Gasteiger partial charge is 0.380 e. The first-order valence-electron chi connectivity index (χ1n) is 7.19. The molecular weight excluding hydrogens is 321 g/mol. The summed E-state index contributed by atoms with van der Waals surface area (Å²) >= 11 is 3.29. The number of hydrogen-bond donors (Lipinski definition) is 1. The Hall–Kier alpha value is -0.450. The molecule has 0 amide bonds. The van der Waals surface area contributed by atoms with Crippen molar-refractivity contribution in [2.24, 2.45) is 5.92 Å². The summed E-state index contributed by atoms with van der Waals surface area (Å²) in [5.41, 5.74) is 0.726. The zero-order valence-electron chi connectivity index (χ0n) is 12.7. The Morgan fingerprint density at radius 2 is 2.05 bits per heavy atom. The van der Waals surface area contributed by atoms with Gasteiger partial charge in [-0.15, -0.1) is 0 Å². The molecule has 1 rings (SSSR count). The molecule has 0 radical (unpaired) electrons. The average molecular weight is 346 g/mol. The van der Waals surface area contributed by atoms with E-state index in [2.05, 4.69) is 42.0 Å². The fourth-order valence-electron chi connectivity index (χ4n) is 2.46. The van der Waals surface area contributed by atoms with Gasteiger partial charge in [-0.05, 0) is 43.0 Å². The van der Waals surface area contributed by atoms with E-state index in [1.165, 1.54) is 6.07 Å². The van der Waals surface area contributed by atoms with E-state index in [1.54, 1.807) is 7.11 Å². The molecule has 1 N–H and O–H groups in total. The van der Waals surface area contributed by atoms with E-state index in [1.807, 2.05) is 12.1 Å². The van der Waals surface area contributed by atoms with E-state index in [9.17, 15) is 4.39 Å². The molecule has 2 atom stereocenters. The van der Waals surface area contributed by atoms with Gasteiger partial charge in [-0.1, -0.05) is 42.8 Å². The van der Waals surface area contributed by atoms with Crippen molar-refractivity contribution in [2.75, 3.05) is 13.7 Å². The van der Waals surface area contributed by atoms with Gasteiger partial charge in [0.15, 0.2) is 0 Å². The van der Waals surface area contributed by atoms with Crippen molar-refractivity contribution in [3.05, 3.63) is 34.1 Å². The second-order valence-electron chi connectivity index (χ2n) is 5.44. The lowest BCUT2D eigenvalue weighted by Gasteiger charge is -2.30. The molecule has 0 aliphatic carbocycles. The van der Waals surface area contributed by atoms with Crippen molar-refractivity contribution in [3.8, 4) is 0 Å². The fourth-order valence-corrected chi connectivity index (χ4v) is 2.79. The number of benzene rings is 1. The molecule has 0 aliphatic heterocycles. The summed E-state index contributed by atoms with van der Waals surface area (Å²) in [7, 11) is 1.73. The van der Waals surface area contributed by atoms with E-state index in [-0.39, 0.29) is 18.0 Å². The molecule has 0 aromatic heterocycles. The Balaban J connectivity index is 2.87. The molecule has 0 fully saturated rings. The first-order valence-corrected chi connectivity index (χ1v) is 7.99. The molecule has 0 heterocycles. The van der Waals surface area contributed by atoms with E-state index in [4.69, 9.17) is 4.74 Å². The quantitative estimate of drug-likeness (QED) is 0.763. The Morgan fingerprint density at radius 3 is 2.55 bits per heavy atom. The van der Waals surface area contributed by atoms with E-state index in [0.29, 0.717) is 12.3 Å². The fraction of sp³-hybridized carbons (Fsp3) is 0.625. The van der Waals surface area contributed by atoms with E-state index < -0.39 is 0 Å². The highest BCUT2D eigenvalue weighted by molar-refractivity contribution is 9.10. The minimum Gasteiger partial charge on any atom is -0.380 e. The first kappa shape index (κ1) is 17.6. The van der Waals surface area contributed by atoms with Crippen molar-refractivity contribution >= 4 is 15.9 Å². The Bertz CT molecular complexity index is 411. The third-order valence-electron chi connectivity index (χ3n) is 3.44. The van der Waals surface area contributed by atoms with Crippen LogP contribution in [0, 0.1) is 11.7 Å². The molecule has 0 saturated heterocycles. The molecular formula is C16H25BrFNO. The topological polar surface area (TPSA) is 21.3 Å². The van der Waals surface area contributed by atoms with E-state index in [0.717, 1.165) is 23.0 Å². The maximum atomic E-state index is 14.0. The van der Waals surface area contributed by atoms with Gasteiger partial charge in [0.1, 0.15) is 5.82 Å². The number of rotatable bonds is 8. The van der Waals surface area contributed by atoms with Crippen molar-refractivity contribution in [2.45, 2.75) is 45.8 Å². The standard InChI is InChI=1S/C16H25BrFNO/c1-5-8-19-15(16(20-4)11(2)3)9-12-6-7-13(17)10-14(12)18/h6-7,10-11,15-16,19H,5,8-9H2,1-4H3. The van der Waals surface area contributed by atoms with Gasteiger partial charge >= 0.3 is 0 Å². The van der Waals surface area contributed by atoms with Gasteiger partial charge < -0.3 is 10.1 Å². The van der Waals surface area contributed by atoms with Gasteiger partial charge in [0.25, 0.3) is 0 Å². The summed E-state index contributed by atoms with van der Waals surface area (Å²) in [6.07, 6.45) is 1.76. The average Bonchev–Trinajstić information content (AvgIpc) is 2.39. The summed E-state index contributed by atoms with van der Waals surface area (Å²) in [5, 5.41) is 3.49. The molecule has 0 aliphatic rings. The highest BCUT2D eigenvalue weighted by Gasteiger charge is 2.25. The molecule has 2 unspecified atom stereocenters. The molecule has 0 saturated carbocycles. The van der Waals surface area contributed by atoms with Crippen LogP contribution < -0.4 is 5.32 Å². The Labute approximate surface area is 130 Å². The van der Waals surface area contributed by atoms with Crippen LogP contribution in [-0.4, -0.2) is 25.8 Å². The number of hydrogen-bond acceptors (Lipinski definition) is 2. The lowest BCUT2D eigenvalue weighted by atomic mass is 9.93. The lowest BCUT2D eigenvalue weighted by Crippen LogP contribution is -2.45. The minimum absolute atomic E-state index is 0.0737. The van der Waals surface area contributed by atoms with Gasteiger partial charge in [-0.25, -0.2) is 4.39 Å². The normalized spacial score (nSPS) is 14.6. The second-order valence-corrected chi connectivity index (χ2v) is 6.36. The number of nitrogens with one attached hydrogen (secondary N) is 1. The van der Waals surface area contributed by atoms with E-state index >= 15 is 0 Å². The van der Waals surface area contributed by atoms with Crippen LogP contribution in [-0.2, 0) is 11.2 Å². The molecule has 0 spiro atoms. The first-order chi connectivity index (χ1) is 9.49. The maximum Gasteiger partial charge on any atom is 0.127 e. The van der Waals surface area contributed by atoms with Crippen LogP contribution in [0.2, 0.25) is 0 Å². The minimum atomic E-state index is -0.165. The summed E-state index contributed by atoms with van der Waals surface area (Å²) in [4.78, 5) is 0. The number of ether oxygens (including phenoxy) is 1. The molecule has 1 aromatic carbocycles. The highest BCUT2D eigenvalue weighted by atomic mass is 79.9. The van der Waals surface area contributed by atoms with Crippen LogP contribution in [0.5, 0.6) is 0 Å². The maximum absolute atomic E-state index is 14.0. The SMILES string of the molecule is CCCNC(Cc1ccc(Br)cc1F)C(OC)C(C)C. The van der Waals surface area contributed by atoms with Crippen LogP contribution in [0.3, 0.4) is 0 Å². The molecule has 1 aromatic rings. The summed E-state index contributed by atoms with van der Waals surface area (Å²) < 4.78 is 20.4. The highest BCUT2D eigenvalue weighted by Crippen LogP contribution is 2.20. The van der Waals surface area contributed by atoms with Crippen LogP contribution in [0.1, 0.15) is 32.8 Å². The Morgan fingerprint density at radius 1 is 1.35 bits per heavy atom. The smallest absolute Gasteiger partial charge is 0.127 e. The van der Waals surface area contributed by atoms with Gasteiger partial charge in [-0.3, -0.25) is 0 Å². The lowest BCUT2D eigenvalue weighted by molar-refractivity contribution is 0.0330. The summed E-state index contributed by atoms with van der Waals surface area (Å²) in [6, 6.07) is 5.36. The molecule has 2 nitrogen and oxygen atoms in total. The molecule has 4 heteroatoms. The van der Waals surface area contributed by atoms with Gasteiger partial charge in [0, 0.05) is 17.6 Å². The number of halogens is 2. The van der Waals surface area contributed by atoms with Crippen LogP contribution in [0.25, 0.3) is 0 Å². The predicted octanol–water partition coefficient (Wildman–Crippen LogP) is 4.17. The van der Waals surface area contributed by atoms with Gasteiger partial charge in [0.05, 0.1) is 6.10 Å². The second kappa shape index (κ2) is 8.75. The molecule has 20 heavy (non-hydrogen) atoms. The van der Waals surface area contributed by atoms with Crippen molar-refractivity contribution in [3.63, 3.8) is 0 Å². The number of methoxy groups -OCH3 is 1. The zero-order chi connectivity index (χ0) is 15.1. The summed E-state index contributed by atoms with van der Waals surface area (Å²) in [6.45, 7) is 7.30. The van der Waals surface area contributed by atoms with Crippen molar-refractivity contribution in [1.29, 1.82) is 0 Å². The third kappa shape index (κ3) is 5.15. The Kier molecular flexibility index (Phi) is 7.70. The van der Waals surface area contributed by atoms with Gasteiger partial charge in [0.2, 0.25) is 0 Å². The van der Waals surface area contributed by atoms with Crippen LogP contribution in [0.15, 0.2) is 22.7 Å². The van der Waals surface area contributed by atoms with Crippen molar-refractivity contribution in [1.82, 2.24) is 5.32 Å². The molecule has 0 bridgehead atoms. The van der Waals surface area contributed by atoms with Crippen molar-refractivity contribution < 1.29 is 9.13 Å². The summed E-state index contributed by atoms with van der Waals surface area (Å²) in [5.74, 6) is 0.217. The van der Waals surface area contributed by atoms with Crippen LogP contribution in [0.4, 0.5) is 4.39 Å². The zero-order valence-corrected chi connectivity index (χ0v) is 14.3. The monoisotopic (exact) mass is 345 g/mol. The van der Waals surface area contributed by atoms with Gasteiger partial charge in [-0.2, -0.15) is 0 Å². The molecule has 114 valence electrons. The predicted molar refractivity (Wildman–Crippen MR) is 85.5 cm³/mol.